The Morgan fingerprint density at radius 3 is 2.59 bits per heavy atom. The average Bonchev–Trinajstić information content (AvgIpc) is 2.67. The second-order valence-electron chi connectivity index (χ2n) is 7.04. The van der Waals surface area contributed by atoms with Crippen molar-refractivity contribution in [3.63, 3.8) is 0 Å². The molecule has 0 amide bonds. The molecule has 1 atom stereocenters. The van der Waals surface area contributed by atoms with Gasteiger partial charge in [0.05, 0.1) is 12.9 Å². The number of Topliss-reactive ketones (excluding diaryl/α,β-unsaturated/α-hetero) is 1. The summed E-state index contributed by atoms with van der Waals surface area (Å²) in [5.74, 6) is 0.350. The molecule has 1 unspecified atom stereocenters. The number of hydrogen-bond donors (Lipinski definition) is 0. The lowest BCUT2D eigenvalue weighted by Crippen LogP contribution is -2.42. The number of rotatable bonds is 6. The van der Waals surface area contributed by atoms with Gasteiger partial charge in [-0.25, -0.2) is 12.7 Å². The van der Waals surface area contributed by atoms with E-state index in [4.69, 9.17) is 4.74 Å². The second-order valence-corrected chi connectivity index (χ2v) is 9.00. The highest BCUT2D eigenvalue weighted by Crippen LogP contribution is 2.25. The molecule has 2 aromatic rings. The fourth-order valence-corrected chi connectivity index (χ4v) is 5.10. The smallest absolute Gasteiger partial charge is 0.218 e. The first-order valence-electron chi connectivity index (χ1n) is 9.10. The number of sulfonamides is 1. The third kappa shape index (κ3) is 4.76. The summed E-state index contributed by atoms with van der Waals surface area (Å²) in [6, 6.07) is 14.5. The average molecular weight is 388 g/mol. The molecule has 1 aliphatic rings. The van der Waals surface area contributed by atoms with Crippen LogP contribution in [0.3, 0.4) is 0 Å². The van der Waals surface area contributed by atoms with Crippen LogP contribution in [0.15, 0.2) is 48.5 Å². The molecule has 1 saturated heterocycles. The van der Waals surface area contributed by atoms with Crippen molar-refractivity contribution in [3.8, 4) is 5.75 Å². The van der Waals surface area contributed by atoms with Crippen LogP contribution in [0.1, 0.15) is 34.3 Å². The Balaban J connectivity index is 1.71. The number of aryl methyl sites for hydroxylation is 1. The monoisotopic (exact) mass is 387 g/mol. The largest absolute Gasteiger partial charge is 0.497 e. The summed E-state index contributed by atoms with van der Waals surface area (Å²) in [6.45, 7) is 2.67. The minimum absolute atomic E-state index is 0.00638. The van der Waals surface area contributed by atoms with Gasteiger partial charge in [-0.1, -0.05) is 29.8 Å². The van der Waals surface area contributed by atoms with Crippen LogP contribution in [0.4, 0.5) is 0 Å². The Hall–Kier alpha value is -2.18. The van der Waals surface area contributed by atoms with Gasteiger partial charge < -0.3 is 4.74 Å². The van der Waals surface area contributed by atoms with E-state index in [1.165, 1.54) is 4.31 Å². The van der Waals surface area contributed by atoms with Crippen LogP contribution in [0.2, 0.25) is 0 Å². The Morgan fingerprint density at radius 2 is 1.93 bits per heavy atom. The van der Waals surface area contributed by atoms with Gasteiger partial charge in [-0.2, -0.15) is 0 Å². The van der Waals surface area contributed by atoms with Crippen LogP contribution in [-0.4, -0.2) is 38.7 Å². The summed E-state index contributed by atoms with van der Waals surface area (Å²) in [5, 5.41) is 0. The van der Waals surface area contributed by atoms with Gasteiger partial charge in [0.25, 0.3) is 0 Å². The van der Waals surface area contributed by atoms with Crippen molar-refractivity contribution >= 4 is 15.8 Å². The predicted octanol–water partition coefficient (Wildman–Crippen LogP) is 3.43. The summed E-state index contributed by atoms with van der Waals surface area (Å²) < 4.78 is 32.3. The van der Waals surface area contributed by atoms with Crippen LogP contribution in [0.5, 0.6) is 5.75 Å². The van der Waals surface area contributed by atoms with E-state index in [9.17, 15) is 13.2 Å². The fourth-order valence-electron chi connectivity index (χ4n) is 3.50. The molecule has 144 valence electrons. The predicted molar refractivity (Wildman–Crippen MR) is 105 cm³/mol. The number of benzene rings is 2. The maximum Gasteiger partial charge on any atom is 0.218 e. The molecule has 0 spiro atoms. The summed E-state index contributed by atoms with van der Waals surface area (Å²) in [7, 11) is -1.87. The lowest BCUT2D eigenvalue weighted by molar-refractivity contribution is 0.0872. The number of ether oxygens (including phenoxy) is 1. The van der Waals surface area contributed by atoms with Crippen LogP contribution in [0, 0.1) is 12.8 Å². The lowest BCUT2D eigenvalue weighted by atomic mass is 9.91. The number of ketones is 1. The number of methoxy groups -OCH3 is 1. The van der Waals surface area contributed by atoms with E-state index >= 15 is 0 Å². The zero-order valence-corrected chi connectivity index (χ0v) is 16.5. The molecule has 0 aliphatic carbocycles. The van der Waals surface area contributed by atoms with E-state index < -0.39 is 10.0 Å². The zero-order chi connectivity index (χ0) is 19.4. The zero-order valence-electron chi connectivity index (χ0n) is 15.7. The van der Waals surface area contributed by atoms with Gasteiger partial charge in [0, 0.05) is 24.6 Å². The number of nitrogens with zero attached hydrogens (tertiary/aromatic N) is 1. The van der Waals surface area contributed by atoms with Gasteiger partial charge in [-0.05, 0) is 49.6 Å². The molecule has 0 bridgehead atoms. The number of carbonyl (C=O) groups excluding carboxylic acids is 1. The van der Waals surface area contributed by atoms with Crippen molar-refractivity contribution in [2.75, 3.05) is 20.2 Å². The molecule has 0 aromatic heterocycles. The highest BCUT2D eigenvalue weighted by atomic mass is 32.2. The molecule has 6 heteroatoms. The van der Waals surface area contributed by atoms with Crippen molar-refractivity contribution in [2.24, 2.45) is 5.92 Å². The molecule has 1 aliphatic heterocycles. The standard InChI is InChI=1S/C21H25NO4S/c1-16-5-3-6-17(13-16)15-27(24,25)22-12-4-7-19(14-22)21(23)18-8-10-20(26-2)11-9-18/h3,5-6,8-11,13,19H,4,7,12,14-15H2,1-2H3. The molecule has 1 heterocycles. The molecule has 0 radical (unpaired) electrons. The Kier molecular flexibility index (Phi) is 5.97. The summed E-state index contributed by atoms with van der Waals surface area (Å²) >= 11 is 0. The van der Waals surface area contributed by atoms with Gasteiger partial charge in [-0.3, -0.25) is 4.79 Å². The van der Waals surface area contributed by atoms with E-state index in [-0.39, 0.29) is 24.0 Å². The number of piperidine rings is 1. The maximum absolute atomic E-state index is 12.9. The summed E-state index contributed by atoms with van der Waals surface area (Å²) in [5.41, 5.74) is 2.41. The lowest BCUT2D eigenvalue weighted by Gasteiger charge is -2.31. The highest BCUT2D eigenvalue weighted by molar-refractivity contribution is 7.88. The first kappa shape index (κ1) is 19.6. The van der Waals surface area contributed by atoms with Gasteiger partial charge in [0.2, 0.25) is 10.0 Å². The first-order chi connectivity index (χ1) is 12.9. The second kappa shape index (κ2) is 8.23. The summed E-state index contributed by atoms with van der Waals surface area (Å²) in [6.07, 6.45) is 1.40. The first-order valence-corrected chi connectivity index (χ1v) is 10.7. The topological polar surface area (TPSA) is 63.7 Å². The van der Waals surface area contributed by atoms with Gasteiger partial charge in [0.15, 0.2) is 5.78 Å². The van der Waals surface area contributed by atoms with Crippen LogP contribution < -0.4 is 4.74 Å². The highest BCUT2D eigenvalue weighted by Gasteiger charge is 2.32. The molecular weight excluding hydrogens is 362 g/mol. The SMILES string of the molecule is COc1ccc(C(=O)C2CCCN(S(=O)(=O)Cc3cccc(C)c3)C2)cc1. The quantitative estimate of drug-likeness (QED) is 0.713. The maximum atomic E-state index is 12.9. The van der Waals surface area contributed by atoms with Crippen molar-refractivity contribution in [3.05, 3.63) is 65.2 Å². The molecule has 2 aromatic carbocycles. The van der Waals surface area contributed by atoms with Gasteiger partial charge in [0.1, 0.15) is 5.75 Å². The van der Waals surface area contributed by atoms with E-state index in [1.54, 1.807) is 31.4 Å². The Labute approximate surface area is 161 Å². The van der Waals surface area contributed by atoms with Crippen molar-refractivity contribution in [1.29, 1.82) is 0 Å². The number of carbonyl (C=O) groups is 1. The minimum atomic E-state index is -3.45. The van der Waals surface area contributed by atoms with Crippen molar-refractivity contribution in [1.82, 2.24) is 4.31 Å². The van der Waals surface area contributed by atoms with E-state index in [0.717, 1.165) is 11.1 Å². The molecule has 0 N–H and O–H groups in total. The summed E-state index contributed by atoms with van der Waals surface area (Å²) in [4.78, 5) is 12.8. The molecule has 5 nitrogen and oxygen atoms in total. The normalized spacial score (nSPS) is 18.2. The van der Waals surface area contributed by atoms with E-state index in [0.29, 0.717) is 30.7 Å². The van der Waals surface area contributed by atoms with Gasteiger partial charge >= 0.3 is 0 Å². The van der Waals surface area contributed by atoms with Crippen LogP contribution in [0.25, 0.3) is 0 Å². The van der Waals surface area contributed by atoms with Crippen LogP contribution >= 0.6 is 0 Å². The van der Waals surface area contributed by atoms with Gasteiger partial charge in [-0.15, -0.1) is 0 Å². The van der Waals surface area contributed by atoms with E-state index in [2.05, 4.69) is 0 Å². The van der Waals surface area contributed by atoms with Crippen molar-refractivity contribution in [2.45, 2.75) is 25.5 Å². The minimum Gasteiger partial charge on any atom is -0.497 e. The van der Waals surface area contributed by atoms with E-state index in [1.807, 2.05) is 31.2 Å². The van der Waals surface area contributed by atoms with Crippen molar-refractivity contribution < 1.29 is 17.9 Å². The third-order valence-corrected chi connectivity index (χ3v) is 6.77. The molecule has 3 rings (SSSR count). The Morgan fingerprint density at radius 1 is 1.19 bits per heavy atom. The molecular formula is C21H25NO4S. The molecule has 1 fully saturated rings. The Bertz CT molecular complexity index is 906. The molecule has 27 heavy (non-hydrogen) atoms. The fraction of sp³-hybridized carbons (Fsp3) is 0.381. The third-order valence-electron chi connectivity index (χ3n) is 4.95. The van der Waals surface area contributed by atoms with Crippen LogP contribution in [-0.2, 0) is 15.8 Å². The molecule has 0 saturated carbocycles. The number of hydrogen-bond acceptors (Lipinski definition) is 4.